The molecule has 1 aromatic carbocycles. The average molecular weight is 225 g/mol. The Morgan fingerprint density at radius 2 is 2.20 bits per heavy atom. The van der Waals surface area contributed by atoms with E-state index in [1.165, 1.54) is 14.0 Å². The number of carbonyl (C=O) groups is 1. The highest BCUT2D eigenvalue weighted by atomic mass is 35.5. The highest BCUT2D eigenvalue weighted by Gasteiger charge is 2.18. The van der Waals surface area contributed by atoms with Crippen LogP contribution in [-0.4, -0.2) is 12.9 Å². The van der Waals surface area contributed by atoms with Gasteiger partial charge in [-0.05, 0) is 18.2 Å². The zero-order valence-corrected chi connectivity index (χ0v) is 9.09. The summed E-state index contributed by atoms with van der Waals surface area (Å²) >= 11 is 5.85. The molecule has 1 aromatic heterocycles. The van der Waals surface area contributed by atoms with Crippen molar-refractivity contribution in [1.29, 1.82) is 0 Å². The molecule has 0 saturated heterocycles. The minimum atomic E-state index is -0.167. The lowest BCUT2D eigenvalue weighted by atomic mass is 10.2. The van der Waals surface area contributed by atoms with Gasteiger partial charge in [-0.2, -0.15) is 0 Å². The van der Waals surface area contributed by atoms with Gasteiger partial charge in [-0.3, -0.25) is 4.79 Å². The molecule has 15 heavy (non-hydrogen) atoms. The summed E-state index contributed by atoms with van der Waals surface area (Å²) in [6, 6.07) is 5.13. The molecular formula is C11H9ClO3. The number of halogens is 1. The molecule has 0 N–H and O–H groups in total. The topological polar surface area (TPSA) is 39.4 Å². The largest absolute Gasteiger partial charge is 0.492 e. The fourth-order valence-electron chi connectivity index (χ4n) is 1.48. The van der Waals surface area contributed by atoms with Crippen LogP contribution in [0, 0.1) is 0 Å². The highest BCUT2D eigenvalue weighted by molar-refractivity contribution is 6.31. The monoisotopic (exact) mass is 224 g/mol. The lowest BCUT2D eigenvalue weighted by Gasteiger charge is -1.97. The maximum atomic E-state index is 11.3. The van der Waals surface area contributed by atoms with Gasteiger partial charge in [0.2, 0.25) is 5.76 Å². The van der Waals surface area contributed by atoms with E-state index in [1.54, 1.807) is 18.2 Å². The van der Waals surface area contributed by atoms with Gasteiger partial charge in [-0.15, -0.1) is 0 Å². The summed E-state index contributed by atoms with van der Waals surface area (Å²) in [6.07, 6.45) is 0. The Morgan fingerprint density at radius 3 is 2.80 bits per heavy atom. The molecule has 1 heterocycles. The maximum Gasteiger partial charge on any atom is 0.212 e. The van der Waals surface area contributed by atoms with Crippen molar-refractivity contribution >= 4 is 28.4 Å². The van der Waals surface area contributed by atoms with Crippen molar-refractivity contribution in [2.45, 2.75) is 6.92 Å². The lowest BCUT2D eigenvalue weighted by molar-refractivity contribution is 0.0985. The summed E-state index contributed by atoms with van der Waals surface area (Å²) < 4.78 is 10.5. The van der Waals surface area contributed by atoms with Gasteiger partial charge in [0.25, 0.3) is 0 Å². The summed E-state index contributed by atoms with van der Waals surface area (Å²) in [7, 11) is 1.50. The molecule has 0 unspecified atom stereocenters. The molecule has 4 heteroatoms. The number of fused-ring (bicyclic) bond motifs is 1. The Morgan fingerprint density at radius 1 is 1.47 bits per heavy atom. The Balaban J connectivity index is 2.79. The van der Waals surface area contributed by atoms with Gasteiger partial charge in [0.1, 0.15) is 5.58 Å². The third-order valence-electron chi connectivity index (χ3n) is 2.13. The van der Waals surface area contributed by atoms with Gasteiger partial charge in [0, 0.05) is 11.9 Å². The maximum absolute atomic E-state index is 11.3. The van der Waals surface area contributed by atoms with Gasteiger partial charge in [-0.25, -0.2) is 0 Å². The number of carbonyl (C=O) groups excluding carboxylic acids is 1. The first kappa shape index (κ1) is 10.1. The Kier molecular flexibility index (Phi) is 2.40. The van der Waals surface area contributed by atoms with Crippen LogP contribution in [0.5, 0.6) is 5.75 Å². The standard InChI is InChI=1S/C11H9ClO3/c1-6(13)10-11(14-2)8-5-7(12)3-4-9(8)15-10/h3-5H,1-2H3. The van der Waals surface area contributed by atoms with E-state index in [4.69, 9.17) is 20.8 Å². The van der Waals surface area contributed by atoms with Crippen LogP contribution in [0.3, 0.4) is 0 Å². The summed E-state index contributed by atoms with van der Waals surface area (Å²) in [5, 5.41) is 1.30. The summed E-state index contributed by atoms with van der Waals surface area (Å²) in [5.74, 6) is 0.508. The van der Waals surface area contributed by atoms with Gasteiger partial charge in [-0.1, -0.05) is 11.6 Å². The molecule has 0 radical (unpaired) electrons. The number of ketones is 1. The molecule has 0 fully saturated rings. The van der Waals surface area contributed by atoms with E-state index in [-0.39, 0.29) is 11.5 Å². The number of rotatable bonds is 2. The normalized spacial score (nSPS) is 10.6. The predicted molar refractivity (Wildman–Crippen MR) is 57.8 cm³/mol. The quantitative estimate of drug-likeness (QED) is 0.735. The molecule has 2 aromatic rings. The molecule has 0 aliphatic carbocycles. The van der Waals surface area contributed by atoms with Crippen LogP contribution in [0.25, 0.3) is 11.0 Å². The van der Waals surface area contributed by atoms with Crippen LogP contribution in [0.2, 0.25) is 5.02 Å². The first-order valence-corrected chi connectivity index (χ1v) is 4.78. The fourth-order valence-corrected chi connectivity index (χ4v) is 1.65. The first-order chi connectivity index (χ1) is 7.13. The van der Waals surface area contributed by atoms with E-state index < -0.39 is 0 Å². The number of hydrogen-bond acceptors (Lipinski definition) is 3. The van der Waals surface area contributed by atoms with Crippen LogP contribution < -0.4 is 4.74 Å². The van der Waals surface area contributed by atoms with Crippen LogP contribution in [-0.2, 0) is 0 Å². The molecular weight excluding hydrogens is 216 g/mol. The van der Waals surface area contributed by atoms with Crippen LogP contribution in [0.15, 0.2) is 22.6 Å². The van der Waals surface area contributed by atoms with E-state index in [0.29, 0.717) is 16.4 Å². The summed E-state index contributed by atoms with van der Waals surface area (Å²) in [4.78, 5) is 11.3. The first-order valence-electron chi connectivity index (χ1n) is 4.40. The molecule has 78 valence electrons. The summed E-state index contributed by atoms with van der Waals surface area (Å²) in [5.41, 5.74) is 0.599. The molecule has 0 amide bonds. The van der Waals surface area contributed by atoms with Crippen molar-refractivity contribution in [3.05, 3.63) is 29.0 Å². The van der Waals surface area contributed by atoms with E-state index in [1.807, 2.05) is 0 Å². The predicted octanol–water partition coefficient (Wildman–Crippen LogP) is 3.30. The van der Waals surface area contributed by atoms with Crippen LogP contribution >= 0.6 is 11.6 Å². The van der Waals surface area contributed by atoms with Gasteiger partial charge < -0.3 is 9.15 Å². The van der Waals surface area contributed by atoms with Crippen molar-refractivity contribution < 1.29 is 13.9 Å². The van der Waals surface area contributed by atoms with Crippen molar-refractivity contribution in [1.82, 2.24) is 0 Å². The third kappa shape index (κ3) is 1.59. The number of methoxy groups -OCH3 is 1. The third-order valence-corrected chi connectivity index (χ3v) is 2.36. The van der Waals surface area contributed by atoms with Crippen molar-refractivity contribution in [3.63, 3.8) is 0 Å². The minimum Gasteiger partial charge on any atom is -0.492 e. The van der Waals surface area contributed by atoms with Gasteiger partial charge in [0.05, 0.1) is 12.5 Å². The Labute approximate surface area is 91.6 Å². The second-order valence-electron chi connectivity index (χ2n) is 3.16. The van der Waals surface area contributed by atoms with Gasteiger partial charge in [0.15, 0.2) is 11.5 Å². The smallest absolute Gasteiger partial charge is 0.212 e. The number of hydrogen-bond donors (Lipinski definition) is 0. The van der Waals surface area contributed by atoms with Crippen LogP contribution in [0.4, 0.5) is 0 Å². The fraction of sp³-hybridized carbons (Fsp3) is 0.182. The van der Waals surface area contributed by atoms with E-state index >= 15 is 0 Å². The molecule has 2 rings (SSSR count). The molecule has 0 bridgehead atoms. The van der Waals surface area contributed by atoms with E-state index in [2.05, 4.69) is 0 Å². The highest BCUT2D eigenvalue weighted by Crippen LogP contribution is 2.34. The number of ether oxygens (including phenoxy) is 1. The van der Waals surface area contributed by atoms with Gasteiger partial charge >= 0.3 is 0 Å². The van der Waals surface area contributed by atoms with Crippen LogP contribution in [0.1, 0.15) is 17.5 Å². The van der Waals surface area contributed by atoms with E-state index in [9.17, 15) is 4.79 Å². The average Bonchev–Trinajstić information content (AvgIpc) is 2.55. The zero-order chi connectivity index (χ0) is 11.0. The number of Topliss-reactive ketones (excluding diaryl/α,β-unsaturated/α-hetero) is 1. The lowest BCUT2D eigenvalue weighted by Crippen LogP contribution is -1.92. The Bertz CT molecular complexity index is 528. The molecule has 0 aliphatic rings. The van der Waals surface area contributed by atoms with Crippen molar-refractivity contribution in [3.8, 4) is 5.75 Å². The second-order valence-corrected chi connectivity index (χ2v) is 3.60. The minimum absolute atomic E-state index is 0.167. The van der Waals surface area contributed by atoms with E-state index in [0.717, 1.165) is 5.39 Å². The molecule has 0 aliphatic heterocycles. The zero-order valence-electron chi connectivity index (χ0n) is 8.33. The molecule has 0 saturated carbocycles. The molecule has 3 nitrogen and oxygen atoms in total. The summed E-state index contributed by atoms with van der Waals surface area (Å²) in [6.45, 7) is 1.43. The SMILES string of the molecule is COc1c(C(C)=O)oc2ccc(Cl)cc12. The number of furan rings is 1. The number of benzene rings is 1. The Hall–Kier alpha value is -1.48. The second kappa shape index (κ2) is 3.59. The van der Waals surface area contributed by atoms with Crippen molar-refractivity contribution in [2.24, 2.45) is 0 Å². The molecule has 0 atom stereocenters. The molecule has 0 spiro atoms. The van der Waals surface area contributed by atoms with Crippen molar-refractivity contribution in [2.75, 3.05) is 7.11 Å².